The van der Waals surface area contributed by atoms with E-state index in [-0.39, 0.29) is 0 Å². The van der Waals surface area contributed by atoms with Crippen LogP contribution in [0.15, 0.2) is 18.2 Å². The maximum absolute atomic E-state index is 6.15. The molecule has 0 saturated heterocycles. The largest absolute Gasteiger partial charge is 0.497 e. The molecular formula is C15H26N2O2. The van der Waals surface area contributed by atoms with Crippen molar-refractivity contribution in [2.45, 2.75) is 32.7 Å². The van der Waals surface area contributed by atoms with Crippen molar-refractivity contribution in [3.05, 3.63) is 18.2 Å². The van der Waals surface area contributed by atoms with Crippen molar-refractivity contribution in [2.75, 3.05) is 38.0 Å². The van der Waals surface area contributed by atoms with Gasteiger partial charge in [0.15, 0.2) is 0 Å². The lowest BCUT2D eigenvalue weighted by atomic mass is 10.1. The summed E-state index contributed by atoms with van der Waals surface area (Å²) < 4.78 is 10.4. The molecule has 0 aliphatic carbocycles. The van der Waals surface area contributed by atoms with Crippen molar-refractivity contribution in [1.82, 2.24) is 0 Å². The Hall–Kier alpha value is -1.42. The average Bonchev–Trinajstić information content (AvgIpc) is 2.44. The number of hydrogen-bond acceptors (Lipinski definition) is 4. The fourth-order valence-corrected chi connectivity index (χ4v) is 2.34. The predicted molar refractivity (Wildman–Crippen MR) is 81.0 cm³/mol. The third-order valence-electron chi connectivity index (χ3n) is 3.46. The van der Waals surface area contributed by atoms with E-state index < -0.39 is 0 Å². The second kappa shape index (κ2) is 7.89. The van der Waals surface area contributed by atoms with Crippen LogP contribution in [0.3, 0.4) is 0 Å². The number of methoxy groups -OCH3 is 2. The molecule has 2 N–H and O–H groups in total. The zero-order valence-corrected chi connectivity index (χ0v) is 12.5. The number of nitrogens with zero attached hydrogens (tertiary/aromatic N) is 1. The number of ether oxygens (including phenoxy) is 2. The summed E-state index contributed by atoms with van der Waals surface area (Å²) in [4.78, 5) is 2.33. The number of nitrogens with two attached hydrogens (primary N) is 1. The molecule has 4 nitrogen and oxygen atoms in total. The van der Waals surface area contributed by atoms with Gasteiger partial charge in [0, 0.05) is 25.8 Å². The van der Waals surface area contributed by atoms with Crippen molar-refractivity contribution < 1.29 is 9.47 Å². The van der Waals surface area contributed by atoms with E-state index in [1.54, 1.807) is 14.2 Å². The van der Waals surface area contributed by atoms with Crippen LogP contribution < -0.4 is 15.4 Å². The van der Waals surface area contributed by atoms with Gasteiger partial charge in [-0.25, -0.2) is 0 Å². The van der Waals surface area contributed by atoms with Crippen molar-refractivity contribution >= 4 is 11.4 Å². The smallest absolute Gasteiger partial charge is 0.121 e. The first-order valence-corrected chi connectivity index (χ1v) is 6.86. The minimum atomic E-state index is 0.478. The lowest BCUT2D eigenvalue weighted by molar-refractivity contribution is 0.202. The molecule has 108 valence electrons. The minimum Gasteiger partial charge on any atom is -0.497 e. The van der Waals surface area contributed by atoms with Gasteiger partial charge >= 0.3 is 0 Å². The topological polar surface area (TPSA) is 47.7 Å². The van der Waals surface area contributed by atoms with Gasteiger partial charge in [0.05, 0.1) is 25.1 Å². The summed E-state index contributed by atoms with van der Waals surface area (Å²) in [5.41, 5.74) is 7.97. The molecule has 0 aliphatic rings. The molecule has 0 saturated carbocycles. The lowest BCUT2D eigenvalue weighted by Crippen LogP contribution is -2.37. The van der Waals surface area contributed by atoms with Crippen LogP contribution in [0.4, 0.5) is 11.4 Å². The molecule has 0 heterocycles. The van der Waals surface area contributed by atoms with Gasteiger partial charge in [-0.3, -0.25) is 0 Å². The summed E-state index contributed by atoms with van der Waals surface area (Å²) in [6, 6.07) is 6.33. The Morgan fingerprint density at radius 2 is 1.89 bits per heavy atom. The first kappa shape index (κ1) is 15.6. The van der Waals surface area contributed by atoms with Crippen LogP contribution in [0, 0.1) is 0 Å². The molecule has 1 aromatic carbocycles. The Balaban J connectivity index is 3.01. The highest BCUT2D eigenvalue weighted by atomic mass is 16.5. The summed E-state index contributed by atoms with van der Waals surface area (Å²) in [5, 5.41) is 0. The van der Waals surface area contributed by atoms with Gasteiger partial charge < -0.3 is 20.1 Å². The second-order valence-electron chi connectivity index (χ2n) is 4.58. The SMILES string of the molecule is CCC(CC)N(CCOC)c1ccc(OC)cc1N. The third kappa shape index (κ3) is 4.03. The van der Waals surface area contributed by atoms with Crippen molar-refractivity contribution in [2.24, 2.45) is 0 Å². The van der Waals surface area contributed by atoms with Crippen LogP contribution in [-0.2, 0) is 4.74 Å². The van der Waals surface area contributed by atoms with E-state index in [0.29, 0.717) is 12.6 Å². The third-order valence-corrected chi connectivity index (χ3v) is 3.46. The van der Waals surface area contributed by atoms with E-state index in [1.807, 2.05) is 18.2 Å². The van der Waals surface area contributed by atoms with Crippen molar-refractivity contribution in [3.63, 3.8) is 0 Å². The maximum atomic E-state index is 6.15. The summed E-state index contributed by atoms with van der Waals surface area (Å²) in [5.74, 6) is 0.789. The van der Waals surface area contributed by atoms with Crippen LogP contribution in [0.2, 0.25) is 0 Å². The molecule has 0 aliphatic heterocycles. The molecule has 0 bridgehead atoms. The molecule has 0 spiro atoms. The summed E-state index contributed by atoms with van der Waals surface area (Å²) >= 11 is 0. The zero-order valence-electron chi connectivity index (χ0n) is 12.5. The Morgan fingerprint density at radius 1 is 1.21 bits per heavy atom. The molecule has 1 aromatic rings. The Bertz CT molecular complexity index is 378. The highest BCUT2D eigenvalue weighted by Gasteiger charge is 2.17. The van der Waals surface area contributed by atoms with Gasteiger partial charge in [-0.05, 0) is 25.0 Å². The number of hydrogen-bond donors (Lipinski definition) is 1. The van der Waals surface area contributed by atoms with E-state index in [2.05, 4.69) is 18.7 Å². The molecule has 1 rings (SSSR count). The van der Waals surface area contributed by atoms with E-state index in [9.17, 15) is 0 Å². The van der Waals surface area contributed by atoms with E-state index in [1.165, 1.54) is 0 Å². The molecular weight excluding hydrogens is 240 g/mol. The van der Waals surface area contributed by atoms with E-state index in [4.69, 9.17) is 15.2 Å². The van der Waals surface area contributed by atoms with Gasteiger partial charge in [0.25, 0.3) is 0 Å². The molecule has 0 amide bonds. The quantitative estimate of drug-likeness (QED) is 0.735. The predicted octanol–water partition coefficient (Wildman–Crippen LogP) is 2.92. The normalized spacial score (nSPS) is 10.8. The zero-order chi connectivity index (χ0) is 14.3. The standard InChI is InChI=1S/C15H26N2O2/c1-5-12(6-2)17(9-10-18-3)15-8-7-13(19-4)11-14(15)16/h7-8,11-12H,5-6,9-10,16H2,1-4H3. The Morgan fingerprint density at radius 3 is 2.37 bits per heavy atom. The van der Waals surface area contributed by atoms with Crippen LogP contribution in [0.25, 0.3) is 0 Å². The maximum Gasteiger partial charge on any atom is 0.121 e. The first-order valence-electron chi connectivity index (χ1n) is 6.86. The Kier molecular flexibility index (Phi) is 6.50. The van der Waals surface area contributed by atoms with Crippen LogP contribution >= 0.6 is 0 Å². The van der Waals surface area contributed by atoms with Crippen LogP contribution in [0.5, 0.6) is 5.75 Å². The second-order valence-corrected chi connectivity index (χ2v) is 4.58. The molecule has 0 fully saturated rings. The average molecular weight is 266 g/mol. The number of benzene rings is 1. The molecule has 0 unspecified atom stereocenters. The lowest BCUT2D eigenvalue weighted by Gasteiger charge is -2.33. The fraction of sp³-hybridized carbons (Fsp3) is 0.600. The van der Waals surface area contributed by atoms with Crippen LogP contribution in [-0.4, -0.2) is 33.4 Å². The number of anilines is 2. The Labute approximate surface area is 116 Å². The molecule has 19 heavy (non-hydrogen) atoms. The van der Waals surface area contributed by atoms with Gasteiger partial charge in [-0.15, -0.1) is 0 Å². The molecule has 0 atom stereocenters. The number of nitrogen functional groups attached to an aromatic ring is 1. The minimum absolute atomic E-state index is 0.478. The van der Waals surface area contributed by atoms with Crippen LogP contribution in [0.1, 0.15) is 26.7 Å². The summed E-state index contributed by atoms with van der Waals surface area (Å²) in [7, 11) is 3.38. The van der Waals surface area contributed by atoms with E-state index in [0.717, 1.165) is 36.5 Å². The van der Waals surface area contributed by atoms with E-state index >= 15 is 0 Å². The van der Waals surface area contributed by atoms with Crippen molar-refractivity contribution in [1.29, 1.82) is 0 Å². The highest BCUT2D eigenvalue weighted by Crippen LogP contribution is 2.30. The number of rotatable bonds is 8. The monoisotopic (exact) mass is 266 g/mol. The first-order chi connectivity index (χ1) is 9.17. The summed E-state index contributed by atoms with van der Waals surface area (Å²) in [6.45, 7) is 5.95. The fourth-order valence-electron chi connectivity index (χ4n) is 2.34. The molecule has 4 heteroatoms. The van der Waals surface area contributed by atoms with Crippen molar-refractivity contribution in [3.8, 4) is 5.75 Å². The summed E-state index contributed by atoms with van der Waals surface area (Å²) in [6.07, 6.45) is 2.18. The van der Waals surface area contributed by atoms with Gasteiger partial charge in [0.2, 0.25) is 0 Å². The molecule has 0 radical (unpaired) electrons. The van der Waals surface area contributed by atoms with Gasteiger partial charge in [-0.1, -0.05) is 13.8 Å². The highest BCUT2D eigenvalue weighted by molar-refractivity contribution is 5.70. The van der Waals surface area contributed by atoms with Gasteiger partial charge in [-0.2, -0.15) is 0 Å². The molecule has 0 aromatic heterocycles. The van der Waals surface area contributed by atoms with Gasteiger partial charge in [0.1, 0.15) is 5.75 Å².